The van der Waals surface area contributed by atoms with Crippen molar-refractivity contribution in [1.82, 2.24) is 0 Å². The monoisotopic (exact) mass is 188 g/mol. The van der Waals surface area contributed by atoms with Gasteiger partial charge in [0.05, 0.1) is 6.61 Å². The van der Waals surface area contributed by atoms with Crippen LogP contribution < -0.4 is 0 Å². The Hall–Kier alpha value is -0.610. The van der Waals surface area contributed by atoms with Gasteiger partial charge in [0.1, 0.15) is 0 Å². The summed E-state index contributed by atoms with van der Waals surface area (Å²) in [5.41, 5.74) is -1.08. The van der Waals surface area contributed by atoms with Gasteiger partial charge in [-0.15, -0.1) is 0 Å². The third-order valence-corrected chi connectivity index (χ3v) is 2.58. The highest BCUT2D eigenvalue weighted by molar-refractivity contribution is 5.77. The van der Waals surface area contributed by atoms with E-state index >= 15 is 0 Å². The molecule has 0 aromatic heterocycles. The highest BCUT2D eigenvalue weighted by Gasteiger charge is 2.44. The Morgan fingerprint density at radius 2 is 2.46 bits per heavy atom. The SMILES string of the molecule is CCOC(C)(C(=O)O)C1CCOC1. The molecular weight excluding hydrogens is 172 g/mol. The van der Waals surface area contributed by atoms with Crippen LogP contribution in [0.1, 0.15) is 20.3 Å². The number of hydrogen-bond acceptors (Lipinski definition) is 3. The van der Waals surface area contributed by atoms with E-state index in [9.17, 15) is 4.79 Å². The summed E-state index contributed by atoms with van der Waals surface area (Å²) < 4.78 is 10.5. The van der Waals surface area contributed by atoms with Gasteiger partial charge in [0.2, 0.25) is 0 Å². The Morgan fingerprint density at radius 3 is 2.85 bits per heavy atom. The molecule has 0 saturated carbocycles. The predicted molar refractivity (Wildman–Crippen MR) is 46.6 cm³/mol. The van der Waals surface area contributed by atoms with Crippen LogP contribution >= 0.6 is 0 Å². The number of aliphatic carboxylic acids is 1. The summed E-state index contributed by atoms with van der Waals surface area (Å²) in [6.07, 6.45) is 0.767. The Balaban J connectivity index is 2.69. The van der Waals surface area contributed by atoms with Crippen LogP contribution in [0.3, 0.4) is 0 Å². The van der Waals surface area contributed by atoms with E-state index in [1.54, 1.807) is 13.8 Å². The minimum atomic E-state index is -1.08. The summed E-state index contributed by atoms with van der Waals surface area (Å²) >= 11 is 0. The van der Waals surface area contributed by atoms with Crippen LogP contribution in [-0.4, -0.2) is 36.5 Å². The zero-order chi connectivity index (χ0) is 9.90. The summed E-state index contributed by atoms with van der Waals surface area (Å²) in [7, 11) is 0. The molecule has 0 radical (unpaired) electrons. The van der Waals surface area contributed by atoms with Gasteiger partial charge < -0.3 is 14.6 Å². The molecule has 1 rings (SSSR count). The summed E-state index contributed by atoms with van der Waals surface area (Å²) in [5, 5.41) is 9.04. The Morgan fingerprint density at radius 1 is 1.77 bits per heavy atom. The van der Waals surface area contributed by atoms with Crippen LogP contribution in [0.4, 0.5) is 0 Å². The topological polar surface area (TPSA) is 55.8 Å². The van der Waals surface area contributed by atoms with Crippen molar-refractivity contribution in [2.45, 2.75) is 25.9 Å². The largest absolute Gasteiger partial charge is 0.479 e. The van der Waals surface area contributed by atoms with Crippen LogP contribution in [0.15, 0.2) is 0 Å². The van der Waals surface area contributed by atoms with Gasteiger partial charge in [-0.1, -0.05) is 0 Å². The first kappa shape index (κ1) is 10.5. The minimum Gasteiger partial charge on any atom is -0.479 e. The molecule has 4 heteroatoms. The molecule has 0 bridgehead atoms. The molecule has 1 fully saturated rings. The number of carboxylic acid groups (broad SMARTS) is 1. The molecule has 1 aliphatic rings. The van der Waals surface area contributed by atoms with Gasteiger partial charge in [0, 0.05) is 19.1 Å². The number of hydrogen-bond donors (Lipinski definition) is 1. The second kappa shape index (κ2) is 4.07. The van der Waals surface area contributed by atoms with Gasteiger partial charge in [0.15, 0.2) is 5.60 Å². The van der Waals surface area contributed by atoms with Crippen LogP contribution in [0.5, 0.6) is 0 Å². The van der Waals surface area contributed by atoms with Gasteiger partial charge in [-0.2, -0.15) is 0 Å². The molecule has 13 heavy (non-hydrogen) atoms. The van der Waals surface area contributed by atoms with Crippen molar-refractivity contribution in [2.24, 2.45) is 5.92 Å². The van der Waals surface area contributed by atoms with Crippen molar-refractivity contribution in [3.8, 4) is 0 Å². The van der Waals surface area contributed by atoms with Crippen molar-refractivity contribution in [1.29, 1.82) is 0 Å². The van der Waals surface area contributed by atoms with Crippen LogP contribution in [0.2, 0.25) is 0 Å². The maximum Gasteiger partial charge on any atom is 0.336 e. The summed E-state index contributed by atoms with van der Waals surface area (Å²) in [5.74, 6) is -0.921. The number of ether oxygens (including phenoxy) is 2. The van der Waals surface area contributed by atoms with Crippen molar-refractivity contribution in [3.05, 3.63) is 0 Å². The minimum absolute atomic E-state index is 0.0232. The maximum absolute atomic E-state index is 11.0. The Kier molecular flexibility index (Phi) is 3.27. The molecule has 1 aliphatic heterocycles. The van der Waals surface area contributed by atoms with E-state index in [-0.39, 0.29) is 5.92 Å². The lowest BCUT2D eigenvalue weighted by Gasteiger charge is -2.29. The lowest BCUT2D eigenvalue weighted by atomic mass is 9.88. The highest BCUT2D eigenvalue weighted by atomic mass is 16.5. The standard InChI is InChI=1S/C9H16O4/c1-3-13-9(2,8(10)11)7-4-5-12-6-7/h7H,3-6H2,1-2H3,(H,10,11). The van der Waals surface area contributed by atoms with Gasteiger partial charge in [-0.05, 0) is 20.3 Å². The predicted octanol–water partition coefficient (Wildman–Crippen LogP) is 0.903. The number of rotatable bonds is 4. The Bertz CT molecular complexity index is 186. The van der Waals surface area contributed by atoms with E-state index in [2.05, 4.69) is 0 Å². The molecule has 1 heterocycles. The molecule has 0 aromatic carbocycles. The van der Waals surface area contributed by atoms with E-state index < -0.39 is 11.6 Å². The summed E-state index contributed by atoms with van der Waals surface area (Å²) in [6.45, 7) is 4.97. The van der Waals surface area contributed by atoms with E-state index in [1.807, 2.05) is 0 Å². The molecule has 4 nitrogen and oxygen atoms in total. The molecule has 0 aliphatic carbocycles. The highest BCUT2D eigenvalue weighted by Crippen LogP contribution is 2.29. The number of carbonyl (C=O) groups is 1. The zero-order valence-electron chi connectivity index (χ0n) is 8.08. The van der Waals surface area contributed by atoms with Crippen LogP contribution in [-0.2, 0) is 14.3 Å². The van der Waals surface area contributed by atoms with Crippen molar-refractivity contribution in [3.63, 3.8) is 0 Å². The van der Waals surface area contributed by atoms with E-state index in [4.69, 9.17) is 14.6 Å². The summed E-state index contributed by atoms with van der Waals surface area (Å²) in [4.78, 5) is 11.0. The molecule has 2 unspecified atom stereocenters. The van der Waals surface area contributed by atoms with E-state index in [0.29, 0.717) is 19.8 Å². The first-order valence-electron chi connectivity index (χ1n) is 4.56. The second-order valence-corrected chi connectivity index (χ2v) is 3.41. The van der Waals surface area contributed by atoms with Crippen molar-refractivity contribution >= 4 is 5.97 Å². The van der Waals surface area contributed by atoms with E-state index in [1.165, 1.54) is 0 Å². The lowest BCUT2D eigenvalue weighted by Crippen LogP contribution is -2.46. The average molecular weight is 188 g/mol. The third kappa shape index (κ3) is 2.00. The molecule has 1 saturated heterocycles. The maximum atomic E-state index is 11.0. The molecule has 2 atom stereocenters. The van der Waals surface area contributed by atoms with Crippen molar-refractivity contribution in [2.75, 3.05) is 19.8 Å². The fourth-order valence-electron chi connectivity index (χ4n) is 1.62. The molecule has 1 N–H and O–H groups in total. The lowest BCUT2D eigenvalue weighted by molar-refractivity contribution is -0.170. The molecule has 0 spiro atoms. The smallest absolute Gasteiger partial charge is 0.336 e. The fourth-order valence-corrected chi connectivity index (χ4v) is 1.62. The molecule has 0 aromatic rings. The van der Waals surface area contributed by atoms with Gasteiger partial charge >= 0.3 is 5.97 Å². The second-order valence-electron chi connectivity index (χ2n) is 3.41. The Labute approximate surface area is 77.8 Å². The van der Waals surface area contributed by atoms with Crippen LogP contribution in [0.25, 0.3) is 0 Å². The van der Waals surface area contributed by atoms with Crippen LogP contribution in [0, 0.1) is 5.92 Å². The molecular formula is C9H16O4. The summed E-state index contributed by atoms with van der Waals surface area (Å²) in [6, 6.07) is 0. The fraction of sp³-hybridized carbons (Fsp3) is 0.889. The van der Waals surface area contributed by atoms with Gasteiger partial charge in [-0.25, -0.2) is 4.79 Å². The first-order valence-corrected chi connectivity index (χ1v) is 4.56. The van der Waals surface area contributed by atoms with Crippen molar-refractivity contribution < 1.29 is 19.4 Å². The third-order valence-electron chi connectivity index (χ3n) is 2.58. The molecule has 0 amide bonds. The first-order chi connectivity index (χ1) is 6.11. The number of carboxylic acids is 1. The average Bonchev–Trinajstić information content (AvgIpc) is 2.56. The molecule has 76 valence electrons. The zero-order valence-corrected chi connectivity index (χ0v) is 8.08. The normalized spacial score (nSPS) is 27.1. The van der Waals surface area contributed by atoms with E-state index in [0.717, 1.165) is 6.42 Å². The quantitative estimate of drug-likeness (QED) is 0.712. The van der Waals surface area contributed by atoms with Gasteiger partial charge in [0.25, 0.3) is 0 Å². The van der Waals surface area contributed by atoms with Gasteiger partial charge in [-0.3, -0.25) is 0 Å².